The minimum Gasteiger partial charge on any atom is -0.497 e. The smallest absolute Gasteiger partial charge is 0.238 e. The van der Waals surface area contributed by atoms with Crippen LogP contribution in [-0.2, 0) is 17.6 Å². The summed E-state index contributed by atoms with van der Waals surface area (Å²) < 4.78 is 5.23. The lowest BCUT2D eigenvalue weighted by molar-refractivity contribution is -0.124. The molecule has 1 aliphatic rings. The van der Waals surface area contributed by atoms with E-state index in [-0.39, 0.29) is 12.5 Å². The molecule has 1 amide bonds. The Kier molecular flexibility index (Phi) is 4.67. The van der Waals surface area contributed by atoms with Gasteiger partial charge < -0.3 is 15.8 Å². The van der Waals surface area contributed by atoms with Crippen LogP contribution in [0.4, 0.5) is 0 Å². The number of nitrogens with zero attached hydrogens (tertiary/aromatic N) is 3. The lowest BCUT2D eigenvalue weighted by Gasteiger charge is -2.36. The van der Waals surface area contributed by atoms with Crippen molar-refractivity contribution in [2.24, 2.45) is 10.8 Å². The zero-order valence-corrected chi connectivity index (χ0v) is 12.0. The lowest BCUT2D eigenvalue weighted by Crippen LogP contribution is -2.59. The number of nitrogens with two attached hydrogens (primary N) is 1. The number of hydrogen-bond donors (Lipinski definition) is 2. The number of fused-ring (bicyclic) bond motifs is 1. The molecule has 1 aliphatic carbocycles. The highest BCUT2D eigenvalue weighted by atomic mass is 16.5. The van der Waals surface area contributed by atoms with Gasteiger partial charge in [-0.15, -0.1) is 0 Å². The van der Waals surface area contributed by atoms with Crippen molar-refractivity contribution < 1.29 is 9.53 Å². The summed E-state index contributed by atoms with van der Waals surface area (Å²) in [4.78, 5) is 14.6. The van der Waals surface area contributed by atoms with Crippen molar-refractivity contribution in [2.75, 3.05) is 20.2 Å². The highest BCUT2D eigenvalue weighted by molar-refractivity contribution is 5.85. The molecule has 0 heterocycles. The van der Waals surface area contributed by atoms with Crippen LogP contribution in [0.1, 0.15) is 17.5 Å². The zero-order valence-electron chi connectivity index (χ0n) is 12.0. The average molecular weight is 289 g/mol. The van der Waals surface area contributed by atoms with E-state index in [0.29, 0.717) is 19.4 Å². The fourth-order valence-corrected chi connectivity index (χ4v) is 2.74. The van der Waals surface area contributed by atoms with E-state index >= 15 is 0 Å². The molecular formula is C14H19N5O2. The van der Waals surface area contributed by atoms with E-state index in [1.807, 2.05) is 18.2 Å². The molecule has 7 nitrogen and oxygen atoms in total. The van der Waals surface area contributed by atoms with E-state index in [1.54, 1.807) is 7.11 Å². The molecule has 112 valence electrons. The third-order valence-electron chi connectivity index (χ3n) is 3.94. The second-order valence-electron chi connectivity index (χ2n) is 5.14. The molecule has 0 radical (unpaired) electrons. The Morgan fingerprint density at radius 1 is 1.57 bits per heavy atom. The molecule has 1 aromatic rings. The summed E-state index contributed by atoms with van der Waals surface area (Å²) in [6.45, 7) is 0.711. The molecule has 0 saturated carbocycles. The molecule has 21 heavy (non-hydrogen) atoms. The van der Waals surface area contributed by atoms with Crippen LogP contribution in [0.25, 0.3) is 10.4 Å². The number of methoxy groups -OCH3 is 1. The minimum absolute atomic E-state index is 0.288. The van der Waals surface area contributed by atoms with Crippen LogP contribution in [0.5, 0.6) is 5.75 Å². The molecule has 0 spiro atoms. The third-order valence-corrected chi connectivity index (χ3v) is 3.94. The van der Waals surface area contributed by atoms with Crippen LogP contribution >= 0.6 is 0 Å². The first-order valence-electron chi connectivity index (χ1n) is 6.83. The van der Waals surface area contributed by atoms with E-state index in [1.165, 1.54) is 5.56 Å². The van der Waals surface area contributed by atoms with Crippen molar-refractivity contribution in [1.82, 2.24) is 5.32 Å². The maximum absolute atomic E-state index is 11.9. The standard InChI is InChI=1S/C14H19N5O2/c1-21-12-3-2-10-4-5-14(13(15)20,9-11(10)8-12)17-6-7-18-19-16/h2-3,8,17H,4-7,9H2,1H3,(H2,15,20). The normalized spacial score (nSPS) is 20.2. The third kappa shape index (κ3) is 3.26. The van der Waals surface area contributed by atoms with Gasteiger partial charge in [0.25, 0.3) is 0 Å². The van der Waals surface area contributed by atoms with Crippen LogP contribution in [0.15, 0.2) is 23.3 Å². The number of rotatable bonds is 6. The van der Waals surface area contributed by atoms with Gasteiger partial charge in [-0.25, -0.2) is 0 Å². The van der Waals surface area contributed by atoms with Crippen molar-refractivity contribution in [2.45, 2.75) is 24.8 Å². The van der Waals surface area contributed by atoms with E-state index in [2.05, 4.69) is 15.3 Å². The fraction of sp³-hybridized carbons (Fsp3) is 0.500. The first-order valence-corrected chi connectivity index (χ1v) is 6.83. The van der Waals surface area contributed by atoms with Crippen LogP contribution in [0.2, 0.25) is 0 Å². The summed E-state index contributed by atoms with van der Waals surface area (Å²) in [5.74, 6) is 0.389. The van der Waals surface area contributed by atoms with E-state index < -0.39 is 5.54 Å². The summed E-state index contributed by atoms with van der Waals surface area (Å²) in [5.41, 5.74) is 15.4. The number of amides is 1. The number of nitrogens with one attached hydrogen (secondary N) is 1. The van der Waals surface area contributed by atoms with Gasteiger partial charge in [-0.2, -0.15) is 0 Å². The van der Waals surface area contributed by atoms with Crippen LogP contribution in [-0.4, -0.2) is 31.6 Å². The van der Waals surface area contributed by atoms with Gasteiger partial charge in [0, 0.05) is 18.0 Å². The van der Waals surface area contributed by atoms with Gasteiger partial charge in [0.15, 0.2) is 0 Å². The zero-order chi connectivity index (χ0) is 15.3. The minimum atomic E-state index is -0.787. The molecule has 0 bridgehead atoms. The number of azide groups is 1. The molecule has 7 heteroatoms. The SMILES string of the molecule is COc1ccc2c(c1)CC(NCCN=[N+]=[N-])(C(N)=O)CC2. The summed E-state index contributed by atoms with van der Waals surface area (Å²) in [5, 5.41) is 6.63. The Morgan fingerprint density at radius 2 is 2.38 bits per heavy atom. The maximum Gasteiger partial charge on any atom is 0.238 e. The van der Waals surface area contributed by atoms with Gasteiger partial charge in [0.05, 0.1) is 7.11 Å². The Bertz CT molecular complexity index is 583. The Morgan fingerprint density at radius 3 is 3.05 bits per heavy atom. The lowest BCUT2D eigenvalue weighted by atomic mass is 9.77. The van der Waals surface area contributed by atoms with Crippen molar-refractivity contribution in [3.05, 3.63) is 39.8 Å². The number of benzene rings is 1. The van der Waals surface area contributed by atoms with Crippen LogP contribution in [0, 0.1) is 0 Å². The van der Waals surface area contributed by atoms with Crippen molar-refractivity contribution in [3.63, 3.8) is 0 Å². The van der Waals surface area contributed by atoms with Gasteiger partial charge in [0.1, 0.15) is 11.3 Å². The summed E-state index contributed by atoms with van der Waals surface area (Å²) >= 11 is 0. The molecule has 0 saturated heterocycles. The molecule has 1 aromatic carbocycles. The predicted molar refractivity (Wildman–Crippen MR) is 79.0 cm³/mol. The van der Waals surface area contributed by atoms with Crippen molar-refractivity contribution in [1.29, 1.82) is 0 Å². The maximum atomic E-state index is 11.9. The van der Waals surface area contributed by atoms with Crippen LogP contribution < -0.4 is 15.8 Å². The number of primary amides is 1. The van der Waals surface area contributed by atoms with Crippen molar-refractivity contribution in [3.8, 4) is 5.75 Å². The largest absolute Gasteiger partial charge is 0.497 e. The number of ether oxygens (including phenoxy) is 1. The number of hydrogen-bond acceptors (Lipinski definition) is 4. The number of carbonyl (C=O) groups is 1. The topological polar surface area (TPSA) is 113 Å². The predicted octanol–water partition coefficient (Wildman–Crippen LogP) is 1.31. The molecule has 0 aromatic heterocycles. The van der Waals surface area contributed by atoms with E-state index in [4.69, 9.17) is 16.0 Å². The second kappa shape index (κ2) is 6.47. The molecule has 2 rings (SSSR count). The first kappa shape index (κ1) is 15.2. The molecule has 0 fully saturated rings. The van der Waals surface area contributed by atoms with Gasteiger partial charge in [-0.05, 0) is 48.1 Å². The number of carbonyl (C=O) groups excluding carboxylic acids is 1. The van der Waals surface area contributed by atoms with Crippen molar-refractivity contribution >= 4 is 5.91 Å². The molecule has 0 aliphatic heterocycles. The Hall–Kier alpha value is -2.24. The van der Waals surface area contributed by atoms with Gasteiger partial charge in [-0.1, -0.05) is 11.2 Å². The van der Waals surface area contributed by atoms with Gasteiger partial charge >= 0.3 is 0 Å². The van der Waals surface area contributed by atoms with Gasteiger partial charge in [0.2, 0.25) is 5.91 Å². The summed E-state index contributed by atoms with van der Waals surface area (Å²) in [7, 11) is 1.62. The van der Waals surface area contributed by atoms with Gasteiger partial charge in [-0.3, -0.25) is 4.79 Å². The first-order chi connectivity index (χ1) is 10.1. The highest BCUT2D eigenvalue weighted by Gasteiger charge is 2.39. The second-order valence-corrected chi connectivity index (χ2v) is 5.14. The molecule has 3 N–H and O–H groups in total. The molecule has 1 atom stereocenters. The van der Waals surface area contributed by atoms with E-state index in [0.717, 1.165) is 17.7 Å². The molecular weight excluding hydrogens is 270 g/mol. The Labute approximate surface area is 123 Å². The summed E-state index contributed by atoms with van der Waals surface area (Å²) in [6.07, 6.45) is 1.93. The summed E-state index contributed by atoms with van der Waals surface area (Å²) in [6, 6.07) is 5.89. The fourth-order valence-electron chi connectivity index (χ4n) is 2.74. The van der Waals surface area contributed by atoms with Crippen LogP contribution in [0.3, 0.4) is 0 Å². The highest BCUT2D eigenvalue weighted by Crippen LogP contribution is 2.31. The average Bonchev–Trinajstić information content (AvgIpc) is 2.50. The molecule has 1 unspecified atom stereocenters. The number of aryl methyl sites for hydroxylation is 1. The quantitative estimate of drug-likeness (QED) is 0.356. The monoisotopic (exact) mass is 289 g/mol. The Balaban J connectivity index is 2.19. The van der Waals surface area contributed by atoms with E-state index in [9.17, 15) is 4.79 Å².